The minimum Gasteiger partial charge on any atom is -0.384 e. The summed E-state index contributed by atoms with van der Waals surface area (Å²) in [5.41, 5.74) is 5.37. The Morgan fingerprint density at radius 1 is 1.26 bits per heavy atom. The molecule has 0 aliphatic carbocycles. The molecule has 0 saturated carbocycles. The van der Waals surface area contributed by atoms with Gasteiger partial charge in [-0.25, -0.2) is 4.98 Å². The van der Waals surface area contributed by atoms with Crippen molar-refractivity contribution >= 4 is 16.7 Å². The molecule has 0 unspecified atom stereocenters. The lowest BCUT2D eigenvalue weighted by molar-refractivity contribution is 0.677. The molecule has 0 amide bonds. The van der Waals surface area contributed by atoms with Gasteiger partial charge in [0.15, 0.2) is 0 Å². The molecule has 0 bridgehead atoms. The summed E-state index contributed by atoms with van der Waals surface area (Å²) in [4.78, 5) is 8.73. The van der Waals surface area contributed by atoms with E-state index in [9.17, 15) is 5.26 Å². The minimum absolute atomic E-state index is 0.628. The van der Waals surface area contributed by atoms with Crippen LogP contribution in [-0.4, -0.2) is 21.1 Å². The molecule has 2 heterocycles. The van der Waals surface area contributed by atoms with Gasteiger partial charge in [-0.15, -0.1) is 0 Å². The molecule has 1 N–H and O–H groups in total. The number of hydrogen-bond donors (Lipinski definition) is 1. The van der Waals surface area contributed by atoms with Crippen LogP contribution >= 0.6 is 0 Å². The minimum atomic E-state index is 0.628. The van der Waals surface area contributed by atoms with Crippen LogP contribution in [0.3, 0.4) is 0 Å². The van der Waals surface area contributed by atoms with Gasteiger partial charge < -0.3 is 9.88 Å². The number of rotatable bonds is 5. The van der Waals surface area contributed by atoms with Crippen LogP contribution in [0.2, 0.25) is 0 Å². The van der Waals surface area contributed by atoms with Crippen molar-refractivity contribution in [3.8, 4) is 6.07 Å². The van der Waals surface area contributed by atoms with Crippen LogP contribution < -0.4 is 5.32 Å². The molecule has 1 aromatic carbocycles. The number of anilines is 1. The van der Waals surface area contributed by atoms with Gasteiger partial charge in [-0.1, -0.05) is 12.1 Å². The van der Waals surface area contributed by atoms with E-state index >= 15 is 0 Å². The van der Waals surface area contributed by atoms with E-state index in [-0.39, 0.29) is 0 Å². The van der Waals surface area contributed by atoms with Gasteiger partial charge >= 0.3 is 0 Å². The third-order valence-corrected chi connectivity index (χ3v) is 3.86. The number of nitriles is 1. The summed E-state index contributed by atoms with van der Waals surface area (Å²) < 4.78 is 2.16. The Morgan fingerprint density at radius 2 is 2.09 bits per heavy atom. The smallest absolute Gasteiger partial charge is 0.103 e. The van der Waals surface area contributed by atoms with Crippen molar-refractivity contribution in [1.82, 2.24) is 14.5 Å². The molecule has 0 radical (unpaired) electrons. The first-order valence-electron chi connectivity index (χ1n) is 7.71. The molecule has 0 saturated heterocycles. The standard InChI is InChI=1S/C18H19N5/c1-13-10-17(15(11-19)14(2)22-13)20-8-5-9-23-12-21-16-6-3-4-7-18(16)23/h3-4,6-7,10,12H,5,8-9H2,1-2H3,(H,20,22). The van der Waals surface area contributed by atoms with E-state index in [2.05, 4.69) is 32.0 Å². The lowest BCUT2D eigenvalue weighted by Gasteiger charge is -2.11. The monoisotopic (exact) mass is 305 g/mol. The lowest BCUT2D eigenvalue weighted by atomic mass is 10.1. The quantitative estimate of drug-likeness (QED) is 0.733. The molecule has 116 valence electrons. The third-order valence-electron chi connectivity index (χ3n) is 3.86. The topological polar surface area (TPSA) is 66.5 Å². The first-order valence-corrected chi connectivity index (χ1v) is 7.71. The van der Waals surface area contributed by atoms with E-state index in [1.165, 1.54) is 0 Å². The molecule has 2 aromatic heterocycles. The molecule has 3 rings (SSSR count). The van der Waals surface area contributed by atoms with Crippen molar-refractivity contribution in [1.29, 1.82) is 5.26 Å². The van der Waals surface area contributed by atoms with Crippen LogP contribution in [0.25, 0.3) is 11.0 Å². The van der Waals surface area contributed by atoms with Crippen LogP contribution in [0.5, 0.6) is 0 Å². The number of para-hydroxylation sites is 2. The van der Waals surface area contributed by atoms with Crippen molar-refractivity contribution < 1.29 is 0 Å². The van der Waals surface area contributed by atoms with Gasteiger partial charge in [-0.05, 0) is 38.5 Å². The molecule has 0 fully saturated rings. The highest BCUT2D eigenvalue weighted by molar-refractivity contribution is 5.74. The van der Waals surface area contributed by atoms with Crippen molar-refractivity contribution in [2.75, 3.05) is 11.9 Å². The zero-order chi connectivity index (χ0) is 16.2. The second kappa shape index (κ2) is 6.49. The van der Waals surface area contributed by atoms with E-state index in [4.69, 9.17) is 0 Å². The summed E-state index contributed by atoms with van der Waals surface area (Å²) in [6, 6.07) is 12.3. The van der Waals surface area contributed by atoms with Crippen molar-refractivity contribution in [2.45, 2.75) is 26.8 Å². The molecule has 0 spiro atoms. The predicted octanol–water partition coefficient (Wildman–Crippen LogP) is 3.42. The number of pyridine rings is 1. The number of nitrogens with zero attached hydrogens (tertiary/aromatic N) is 4. The zero-order valence-electron chi connectivity index (χ0n) is 13.4. The van der Waals surface area contributed by atoms with Crippen molar-refractivity contribution in [3.63, 3.8) is 0 Å². The molecular formula is C18H19N5. The molecular weight excluding hydrogens is 286 g/mol. The normalized spacial score (nSPS) is 10.7. The maximum absolute atomic E-state index is 9.27. The maximum Gasteiger partial charge on any atom is 0.103 e. The van der Waals surface area contributed by atoms with Gasteiger partial charge in [0.2, 0.25) is 0 Å². The number of fused-ring (bicyclic) bond motifs is 1. The number of aromatic nitrogens is 3. The van der Waals surface area contributed by atoms with Crippen molar-refractivity contribution in [2.24, 2.45) is 0 Å². The number of hydrogen-bond acceptors (Lipinski definition) is 4. The third kappa shape index (κ3) is 3.16. The van der Waals surface area contributed by atoms with Gasteiger partial charge in [0.1, 0.15) is 6.07 Å². The Balaban J connectivity index is 1.63. The summed E-state index contributed by atoms with van der Waals surface area (Å²) in [6.07, 6.45) is 2.83. The van der Waals surface area contributed by atoms with Crippen LogP contribution in [0.1, 0.15) is 23.4 Å². The highest BCUT2D eigenvalue weighted by Gasteiger charge is 2.07. The highest BCUT2D eigenvalue weighted by atomic mass is 15.0. The van der Waals surface area contributed by atoms with E-state index < -0.39 is 0 Å². The van der Waals surface area contributed by atoms with E-state index in [1.54, 1.807) is 0 Å². The lowest BCUT2D eigenvalue weighted by Crippen LogP contribution is -2.08. The fourth-order valence-electron chi connectivity index (χ4n) is 2.77. The predicted molar refractivity (Wildman–Crippen MR) is 91.3 cm³/mol. The van der Waals surface area contributed by atoms with E-state index in [1.807, 2.05) is 44.4 Å². The second-order valence-corrected chi connectivity index (χ2v) is 5.59. The number of imidazole rings is 1. The van der Waals surface area contributed by atoms with Gasteiger partial charge in [-0.3, -0.25) is 4.98 Å². The Bertz CT molecular complexity index is 873. The van der Waals surface area contributed by atoms with Gasteiger partial charge in [-0.2, -0.15) is 5.26 Å². The van der Waals surface area contributed by atoms with E-state index in [0.717, 1.165) is 47.6 Å². The fraction of sp³-hybridized carbons (Fsp3) is 0.278. The Kier molecular flexibility index (Phi) is 4.24. The molecule has 5 heteroatoms. The molecule has 5 nitrogen and oxygen atoms in total. The average Bonchev–Trinajstić information content (AvgIpc) is 2.94. The molecule has 0 aliphatic rings. The summed E-state index contributed by atoms with van der Waals surface area (Å²) in [7, 11) is 0. The SMILES string of the molecule is Cc1cc(NCCCn2cnc3ccccc32)c(C#N)c(C)n1. The largest absolute Gasteiger partial charge is 0.384 e. The first-order chi connectivity index (χ1) is 11.2. The molecule has 0 atom stereocenters. The average molecular weight is 305 g/mol. The zero-order valence-corrected chi connectivity index (χ0v) is 13.4. The molecule has 23 heavy (non-hydrogen) atoms. The summed E-state index contributed by atoms with van der Waals surface area (Å²) in [5, 5.41) is 12.6. The number of nitrogens with one attached hydrogen (secondary N) is 1. The van der Waals surface area contributed by atoms with Gasteiger partial charge in [0.25, 0.3) is 0 Å². The van der Waals surface area contributed by atoms with Gasteiger partial charge in [0, 0.05) is 18.8 Å². The Morgan fingerprint density at radius 3 is 2.91 bits per heavy atom. The highest BCUT2D eigenvalue weighted by Crippen LogP contribution is 2.19. The Labute approximate surface area is 135 Å². The fourth-order valence-corrected chi connectivity index (χ4v) is 2.77. The van der Waals surface area contributed by atoms with Crippen LogP contribution in [0.4, 0.5) is 5.69 Å². The number of benzene rings is 1. The Hall–Kier alpha value is -2.87. The second-order valence-electron chi connectivity index (χ2n) is 5.59. The van der Waals surface area contributed by atoms with Crippen molar-refractivity contribution in [3.05, 3.63) is 53.6 Å². The van der Waals surface area contributed by atoms with E-state index in [0.29, 0.717) is 5.56 Å². The summed E-state index contributed by atoms with van der Waals surface area (Å²) in [5.74, 6) is 0. The maximum atomic E-state index is 9.27. The summed E-state index contributed by atoms with van der Waals surface area (Å²) >= 11 is 0. The first kappa shape index (κ1) is 15.0. The molecule has 3 aromatic rings. The van der Waals surface area contributed by atoms with Crippen LogP contribution in [0, 0.1) is 25.2 Å². The van der Waals surface area contributed by atoms with Crippen LogP contribution in [0.15, 0.2) is 36.7 Å². The van der Waals surface area contributed by atoms with Gasteiger partial charge in [0.05, 0.1) is 34.3 Å². The summed E-state index contributed by atoms with van der Waals surface area (Å²) in [6.45, 7) is 5.49. The van der Waals surface area contributed by atoms with Crippen LogP contribution in [-0.2, 0) is 6.54 Å². The number of aryl methyl sites for hydroxylation is 3. The molecule has 0 aliphatic heterocycles.